The minimum atomic E-state index is -0.233. The van der Waals surface area contributed by atoms with Gasteiger partial charge in [0.2, 0.25) is 0 Å². The number of rotatable bonds is 5. The summed E-state index contributed by atoms with van der Waals surface area (Å²) in [5.41, 5.74) is 2.92. The first-order valence-corrected chi connectivity index (χ1v) is 9.57. The molecule has 1 aromatic carbocycles. The summed E-state index contributed by atoms with van der Waals surface area (Å²) in [7, 11) is 0. The minimum Gasteiger partial charge on any atom is -0.348 e. The van der Waals surface area contributed by atoms with E-state index in [1.54, 1.807) is 5.57 Å². The van der Waals surface area contributed by atoms with Gasteiger partial charge in [0.15, 0.2) is 5.79 Å². The molecule has 0 amide bonds. The molecule has 0 unspecified atom stereocenters. The number of nitrogens with one attached hydrogen (secondary N) is 1. The standard InChI is InChI=1S/C21H29NO2/c1-2-17(14-16-6-4-3-5-7-16)19-15-20(19)22-18-8-10-21(11-9-18)23-12-13-24-21/h3-7,14,18-20,22H,2,8-13,15H2,1H3/t19-,20+/m0/s1. The van der Waals surface area contributed by atoms with Gasteiger partial charge in [-0.15, -0.1) is 0 Å². The van der Waals surface area contributed by atoms with Gasteiger partial charge < -0.3 is 14.8 Å². The van der Waals surface area contributed by atoms with Crippen LogP contribution in [0.15, 0.2) is 35.9 Å². The van der Waals surface area contributed by atoms with Crippen LogP contribution in [0.2, 0.25) is 0 Å². The molecule has 3 heteroatoms. The second kappa shape index (κ2) is 6.99. The van der Waals surface area contributed by atoms with Crippen molar-refractivity contribution in [2.45, 2.75) is 63.3 Å². The Morgan fingerprint density at radius 1 is 1.17 bits per heavy atom. The lowest BCUT2D eigenvalue weighted by atomic mass is 9.90. The van der Waals surface area contributed by atoms with Crippen molar-refractivity contribution in [1.29, 1.82) is 0 Å². The van der Waals surface area contributed by atoms with Gasteiger partial charge in [-0.1, -0.05) is 48.9 Å². The topological polar surface area (TPSA) is 30.5 Å². The smallest absolute Gasteiger partial charge is 0.168 e. The van der Waals surface area contributed by atoms with Crippen LogP contribution in [0, 0.1) is 5.92 Å². The molecule has 2 saturated carbocycles. The van der Waals surface area contributed by atoms with Crippen LogP contribution in [0.3, 0.4) is 0 Å². The number of hydrogen-bond acceptors (Lipinski definition) is 3. The molecule has 0 bridgehead atoms. The molecule has 2 atom stereocenters. The van der Waals surface area contributed by atoms with Crippen molar-refractivity contribution in [3.63, 3.8) is 0 Å². The second-order valence-corrected chi connectivity index (χ2v) is 7.48. The van der Waals surface area contributed by atoms with Gasteiger partial charge in [-0.05, 0) is 37.2 Å². The molecule has 24 heavy (non-hydrogen) atoms. The molecule has 0 aromatic heterocycles. The summed E-state index contributed by atoms with van der Waals surface area (Å²) in [6.07, 6.45) is 9.27. The van der Waals surface area contributed by atoms with E-state index in [0.29, 0.717) is 12.1 Å². The molecule has 1 aromatic rings. The molecular weight excluding hydrogens is 298 g/mol. The third kappa shape index (κ3) is 3.58. The molecule has 1 heterocycles. The van der Waals surface area contributed by atoms with Gasteiger partial charge in [0, 0.05) is 24.9 Å². The van der Waals surface area contributed by atoms with Gasteiger partial charge in [-0.3, -0.25) is 0 Å². The van der Waals surface area contributed by atoms with E-state index in [1.165, 1.54) is 24.8 Å². The average molecular weight is 327 g/mol. The Balaban J connectivity index is 1.29. The normalized spacial score (nSPS) is 30.0. The predicted octanol–water partition coefficient (Wildman–Crippen LogP) is 4.14. The zero-order valence-electron chi connectivity index (χ0n) is 14.7. The Morgan fingerprint density at radius 3 is 2.54 bits per heavy atom. The summed E-state index contributed by atoms with van der Waals surface area (Å²) in [5, 5.41) is 3.90. The van der Waals surface area contributed by atoms with Crippen LogP contribution in [-0.2, 0) is 9.47 Å². The quantitative estimate of drug-likeness (QED) is 0.881. The first-order chi connectivity index (χ1) is 11.8. The maximum absolute atomic E-state index is 5.83. The van der Waals surface area contributed by atoms with Crippen molar-refractivity contribution in [2.24, 2.45) is 5.92 Å². The third-order valence-corrected chi connectivity index (χ3v) is 5.84. The third-order valence-electron chi connectivity index (χ3n) is 5.84. The van der Waals surface area contributed by atoms with E-state index in [1.807, 2.05) is 0 Å². The molecule has 4 rings (SSSR count). The molecule has 3 aliphatic rings. The first kappa shape index (κ1) is 16.3. The SMILES string of the molecule is CCC(=Cc1ccccc1)[C@@H]1C[C@H]1NC1CCC2(CC1)OCCO2. The maximum Gasteiger partial charge on any atom is 0.168 e. The monoisotopic (exact) mass is 327 g/mol. The first-order valence-electron chi connectivity index (χ1n) is 9.57. The fraction of sp³-hybridized carbons (Fsp3) is 0.619. The fourth-order valence-corrected chi connectivity index (χ4v) is 4.34. The van der Waals surface area contributed by atoms with Gasteiger partial charge in [-0.25, -0.2) is 0 Å². The van der Waals surface area contributed by atoms with Crippen LogP contribution >= 0.6 is 0 Å². The van der Waals surface area contributed by atoms with Crippen molar-refractivity contribution >= 4 is 6.08 Å². The minimum absolute atomic E-state index is 0.233. The van der Waals surface area contributed by atoms with E-state index in [2.05, 4.69) is 48.6 Å². The largest absolute Gasteiger partial charge is 0.348 e. The second-order valence-electron chi connectivity index (χ2n) is 7.48. The fourth-order valence-electron chi connectivity index (χ4n) is 4.34. The van der Waals surface area contributed by atoms with Crippen molar-refractivity contribution in [3.05, 3.63) is 41.5 Å². The number of benzene rings is 1. The highest BCUT2D eigenvalue weighted by Crippen LogP contribution is 2.42. The average Bonchev–Trinajstić information content (AvgIpc) is 3.24. The van der Waals surface area contributed by atoms with Gasteiger partial charge in [0.05, 0.1) is 13.2 Å². The molecule has 3 fully saturated rings. The van der Waals surface area contributed by atoms with Gasteiger partial charge in [0.25, 0.3) is 0 Å². The van der Waals surface area contributed by atoms with Crippen LogP contribution in [0.4, 0.5) is 0 Å². The highest BCUT2D eigenvalue weighted by molar-refractivity contribution is 5.54. The zero-order valence-corrected chi connectivity index (χ0v) is 14.7. The Morgan fingerprint density at radius 2 is 1.88 bits per heavy atom. The van der Waals surface area contributed by atoms with Crippen LogP contribution in [0.25, 0.3) is 6.08 Å². The summed E-state index contributed by atoms with van der Waals surface area (Å²) >= 11 is 0. The summed E-state index contributed by atoms with van der Waals surface area (Å²) in [4.78, 5) is 0. The molecule has 1 saturated heterocycles. The van der Waals surface area contributed by atoms with Crippen LogP contribution in [0.1, 0.15) is 51.0 Å². The van der Waals surface area contributed by atoms with E-state index in [-0.39, 0.29) is 5.79 Å². The van der Waals surface area contributed by atoms with Crippen LogP contribution in [-0.4, -0.2) is 31.1 Å². The Bertz CT molecular complexity index is 567. The lowest BCUT2D eigenvalue weighted by Crippen LogP contribution is -2.43. The molecule has 1 N–H and O–H groups in total. The maximum atomic E-state index is 5.83. The molecule has 130 valence electrons. The summed E-state index contributed by atoms with van der Waals surface area (Å²) in [6, 6.07) is 12.0. The Labute approximate surface area is 145 Å². The van der Waals surface area contributed by atoms with Crippen molar-refractivity contribution in [2.75, 3.05) is 13.2 Å². The Kier molecular flexibility index (Phi) is 4.75. The number of ether oxygens (including phenoxy) is 2. The van der Waals surface area contributed by atoms with Crippen LogP contribution < -0.4 is 5.32 Å². The van der Waals surface area contributed by atoms with E-state index in [4.69, 9.17) is 9.47 Å². The van der Waals surface area contributed by atoms with Gasteiger partial charge >= 0.3 is 0 Å². The van der Waals surface area contributed by atoms with Crippen LogP contribution in [0.5, 0.6) is 0 Å². The Hall–Kier alpha value is -1.16. The summed E-state index contributed by atoms with van der Waals surface area (Å²) in [6.45, 7) is 3.82. The molecule has 2 aliphatic carbocycles. The van der Waals surface area contributed by atoms with Gasteiger partial charge in [0.1, 0.15) is 0 Å². The zero-order chi connectivity index (χ0) is 16.4. The van der Waals surface area contributed by atoms with Crippen molar-refractivity contribution in [1.82, 2.24) is 5.32 Å². The molecule has 3 nitrogen and oxygen atoms in total. The predicted molar refractivity (Wildman–Crippen MR) is 96.6 cm³/mol. The lowest BCUT2D eigenvalue weighted by Gasteiger charge is -2.35. The molecule has 0 radical (unpaired) electrons. The van der Waals surface area contributed by atoms with Crippen molar-refractivity contribution < 1.29 is 9.47 Å². The summed E-state index contributed by atoms with van der Waals surface area (Å²) in [5.74, 6) is 0.494. The molecular formula is C21H29NO2. The molecule has 1 spiro atoms. The highest BCUT2D eigenvalue weighted by Gasteiger charge is 2.44. The van der Waals surface area contributed by atoms with E-state index in [0.717, 1.165) is 38.4 Å². The van der Waals surface area contributed by atoms with Crippen molar-refractivity contribution in [3.8, 4) is 0 Å². The van der Waals surface area contributed by atoms with E-state index < -0.39 is 0 Å². The lowest BCUT2D eigenvalue weighted by molar-refractivity contribution is -0.179. The van der Waals surface area contributed by atoms with E-state index >= 15 is 0 Å². The summed E-state index contributed by atoms with van der Waals surface area (Å²) < 4.78 is 11.7. The number of hydrogen-bond donors (Lipinski definition) is 1. The van der Waals surface area contributed by atoms with E-state index in [9.17, 15) is 0 Å². The molecule has 1 aliphatic heterocycles. The van der Waals surface area contributed by atoms with Gasteiger partial charge in [-0.2, -0.15) is 0 Å². The highest BCUT2D eigenvalue weighted by atomic mass is 16.7.